The van der Waals surface area contributed by atoms with Crippen LogP contribution in [0.15, 0.2) is 88.9 Å². The van der Waals surface area contributed by atoms with Gasteiger partial charge < -0.3 is 10.1 Å². The first-order valence-electron chi connectivity index (χ1n) is 12.4. The zero-order valence-corrected chi connectivity index (χ0v) is 22.6. The molecule has 2 aliphatic rings. The highest BCUT2D eigenvalue weighted by atomic mass is 35.5. The Morgan fingerprint density at radius 3 is 2.62 bits per heavy atom. The maximum atomic E-state index is 12.7. The molecule has 5 rings (SSSR count). The topological polar surface area (TPSA) is 62.7 Å². The molecular weight excluding hydrogens is 502 g/mol. The second-order valence-corrected chi connectivity index (χ2v) is 11.3. The van der Waals surface area contributed by atoms with Crippen LogP contribution in [0.2, 0.25) is 5.02 Å². The Morgan fingerprint density at radius 1 is 1.14 bits per heavy atom. The molecule has 3 aromatic rings. The summed E-state index contributed by atoms with van der Waals surface area (Å²) in [6, 6.07) is 22.5. The van der Waals surface area contributed by atoms with E-state index in [0.717, 1.165) is 34.0 Å². The zero-order chi connectivity index (χ0) is 25.9. The average molecular weight is 532 g/mol. The van der Waals surface area contributed by atoms with Gasteiger partial charge in [-0.25, -0.2) is 5.43 Å². The van der Waals surface area contributed by atoms with E-state index in [1.807, 2.05) is 50.2 Å². The minimum atomic E-state index is -0.287. The zero-order valence-electron chi connectivity index (χ0n) is 21.1. The molecule has 1 aliphatic heterocycles. The molecule has 1 aliphatic carbocycles. The number of benzene rings is 3. The number of thioether (sulfide) groups is 1. The third-order valence-corrected chi connectivity index (χ3v) is 8.45. The summed E-state index contributed by atoms with van der Waals surface area (Å²) in [5.74, 6) is 1.51. The number of halogens is 1. The van der Waals surface area contributed by atoms with E-state index in [1.54, 1.807) is 7.11 Å². The number of anilines is 1. The molecule has 37 heavy (non-hydrogen) atoms. The molecule has 190 valence electrons. The SMILES string of the molecule is COc1ccc([C@@H]2Nc3ccc(/C(C)=N\NC(=O)[C@@H](C)Sc4ccc(Cl)cc4)cc3[C@@H]3C=CC[C@@H]32)cc1. The fraction of sp³-hybridized carbons (Fsp3) is 0.267. The number of carbonyl (C=O) groups excluding carboxylic acids is 1. The van der Waals surface area contributed by atoms with Gasteiger partial charge in [0.15, 0.2) is 0 Å². The van der Waals surface area contributed by atoms with E-state index in [-0.39, 0.29) is 17.2 Å². The van der Waals surface area contributed by atoms with Crippen LogP contribution in [0.3, 0.4) is 0 Å². The van der Waals surface area contributed by atoms with Crippen LogP contribution in [0.1, 0.15) is 48.9 Å². The first-order valence-corrected chi connectivity index (χ1v) is 13.7. The molecule has 5 nitrogen and oxygen atoms in total. The van der Waals surface area contributed by atoms with Crippen molar-refractivity contribution in [3.63, 3.8) is 0 Å². The molecule has 0 bridgehead atoms. The third-order valence-electron chi connectivity index (χ3n) is 7.08. The number of nitrogens with zero attached hydrogens (tertiary/aromatic N) is 1. The van der Waals surface area contributed by atoms with Crippen molar-refractivity contribution in [2.45, 2.75) is 42.4 Å². The van der Waals surface area contributed by atoms with Gasteiger partial charge in [0, 0.05) is 21.5 Å². The summed E-state index contributed by atoms with van der Waals surface area (Å²) in [6.45, 7) is 3.80. The highest BCUT2D eigenvalue weighted by molar-refractivity contribution is 8.00. The lowest BCUT2D eigenvalue weighted by atomic mass is 9.76. The predicted molar refractivity (Wildman–Crippen MR) is 153 cm³/mol. The number of methoxy groups -OCH3 is 1. The maximum absolute atomic E-state index is 12.7. The molecule has 0 unspecified atom stereocenters. The van der Waals surface area contributed by atoms with Gasteiger partial charge in [0.1, 0.15) is 5.75 Å². The van der Waals surface area contributed by atoms with Gasteiger partial charge in [0.2, 0.25) is 0 Å². The lowest BCUT2D eigenvalue weighted by Crippen LogP contribution is -2.29. The van der Waals surface area contributed by atoms with Gasteiger partial charge >= 0.3 is 0 Å². The Kier molecular flexibility index (Phi) is 7.58. The number of hydrogen-bond donors (Lipinski definition) is 2. The van der Waals surface area contributed by atoms with Crippen molar-refractivity contribution < 1.29 is 9.53 Å². The number of hydrogen-bond acceptors (Lipinski definition) is 5. The number of nitrogens with one attached hydrogen (secondary N) is 2. The van der Waals surface area contributed by atoms with Crippen LogP contribution < -0.4 is 15.5 Å². The summed E-state index contributed by atoms with van der Waals surface area (Å²) in [4.78, 5) is 13.6. The molecular formula is C30H30ClN3O2S. The minimum Gasteiger partial charge on any atom is -0.497 e. The summed E-state index contributed by atoms with van der Waals surface area (Å²) in [7, 11) is 1.69. The quantitative estimate of drug-likeness (QED) is 0.146. The summed E-state index contributed by atoms with van der Waals surface area (Å²) in [5.41, 5.74) is 8.19. The van der Waals surface area contributed by atoms with Crippen molar-refractivity contribution in [3.05, 3.63) is 101 Å². The Bertz CT molecular complexity index is 1340. The second-order valence-electron chi connectivity index (χ2n) is 9.44. The molecule has 0 aromatic heterocycles. The minimum absolute atomic E-state index is 0.139. The van der Waals surface area contributed by atoms with Crippen molar-refractivity contribution in [1.82, 2.24) is 5.43 Å². The maximum Gasteiger partial charge on any atom is 0.253 e. The van der Waals surface area contributed by atoms with Gasteiger partial charge in [-0.05, 0) is 91.4 Å². The number of carbonyl (C=O) groups is 1. The lowest BCUT2D eigenvalue weighted by Gasteiger charge is -2.37. The van der Waals surface area contributed by atoms with Crippen molar-refractivity contribution in [2.75, 3.05) is 12.4 Å². The molecule has 0 spiro atoms. The standard InChI is InChI=1S/C30H30ClN3O2S/c1-18(33-34-30(35)19(2)37-24-14-10-22(31)11-15-24)21-9-16-28-27(17-21)25-5-4-6-26(25)29(32-28)20-7-12-23(36-3)13-8-20/h4-5,7-17,19,25-26,29,32H,6H2,1-3H3,(H,34,35)/b33-18-/t19-,25-,26+,29+/m1/s1. The highest BCUT2D eigenvalue weighted by Crippen LogP contribution is 2.50. The van der Waals surface area contributed by atoms with Crippen LogP contribution in [0.4, 0.5) is 5.69 Å². The Labute approximate surface area is 227 Å². The molecule has 7 heteroatoms. The summed E-state index contributed by atoms with van der Waals surface area (Å²) >= 11 is 7.43. The van der Waals surface area contributed by atoms with Gasteiger partial charge in [-0.2, -0.15) is 5.10 Å². The first-order chi connectivity index (χ1) is 17.9. The molecule has 2 N–H and O–H groups in total. The molecule has 4 atom stereocenters. The molecule has 0 fully saturated rings. The number of allylic oxidation sites excluding steroid dienone is 2. The van der Waals surface area contributed by atoms with Crippen molar-refractivity contribution in [1.29, 1.82) is 0 Å². The molecule has 1 amide bonds. The molecule has 0 saturated heterocycles. The third kappa shape index (κ3) is 5.55. The van der Waals surface area contributed by atoms with Crippen LogP contribution in [0, 0.1) is 5.92 Å². The van der Waals surface area contributed by atoms with Gasteiger partial charge in [-0.3, -0.25) is 4.79 Å². The smallest absolute Gasteiger partial charge is 0.253 e. The Hall–Kier alpha value is -3.22. The summed E-state index contributed by atoms with van der Waals surface area (Å²) in [5, 5.41) is 8.59. The van der Waals surface area contributed by atoms with Crippen LogP contribution in [0.25, 0.3) is 0 Å². The predicted octanol–water partition coefficient (Wildman–Crippen LogP) is 7.20. The molecule has 0 radical (unpaired) electrons. The number of amides is 1. The van der Waals surface area contributed by atoms with Gasteiger partial charge in [-0.15, -0.1) is 11.8 Å². The number of ether oxygens (including phenoxy) is 1. The molecule has 3 aromatic carbocycles. The summed E-state index contributed by atoms with van der Waals surface area (Å²) in [6.07, 6.45) is 5.65. The number of hydrazone groups is 1. The van der Waals surface area contributed by atoms with E-state index in [2.05, 4.69) is 58.3 Å². The lowest BCUT2D eigenvalue weighted by molar-refractivity contribution is -0.120. The van der Waals surface area contributed by atoms with Crippen molar-refractivity contribution >= 4 is 40.7 Å². The average Bonchev–Trinajstić information content (AvgIpc) is 3.42. The van der Waals surface area contributed by atoms with E-state index < -0.39 is 0 Å². The van der Waals surface area contributed by atoms with Crippen LogP contribution >= 0.6 is 23.4 Å². The number of fused-ring (bicyclic) bond motifs is 3. The fourth-order valence-corrected chi connectivity index (χ4v) is 6.01. The van der Waals surface area contributed by atoms with Crippen molar-refractivity contribution in [3.8, 4) is 5.75 Å². The molecule has 1 heterocycles. The van der Waals surface area contributed by atoms with Gasteiger partial charge in [0.25, 0.3) is 5.91 Å². The van der Waals surface area contributed by atoms with Gasteiger partial charge in [-0.1, -0.05) is 42.0 Å². The highest BCUT2D eigenvalue weighted by Gasteiger charge is 2.38. The Balaban J connectivity index is 1.29. The number of rotatable bonds is 7. The van der Waals surface area contributed by atoms with Crippen molar-refractivity contribution in [2.24, 2.45) is 11.0 Å². The van der Waals surface area contributed by atoms with Crippen LogP contribution in [-0.4, -0.2) is 24.0 Å². The Morgan fingerprint density at radius 2 is 1.89 bits per heavy atom. The van der Waals surface area contributed by atoms with E-state index >= 15 is 0 Å². The monoisotopic (exact) mass is 531 g/mol. The summed E-state index contributed by atoms with van der Waals surface area (Å²) < 4.78 is 5.34. The normalized spacial score (nSPS) is 21.0. The van der Waals surface area contributed by atoms with Crippen LogP contribution in [-0.2, 0) is 4.79 Å². The van der Waals surface area contributed by atoms with Crippen LogP contribution in [0.5, 0.6) is 5.75 Å². The van der Waals surface area contributed by atoms with E-state index in [0.29, 0.717) is 16.9 Å². The second kappa shape index (κ2) is 11.0. The van der Waals surface area contributed by atoms with E-state index in [1.165, 1.54) is 22.9 Å². The van der Waals surface area contributed by atoms with E-state index in [9.17, 15) is 4.79 Å². The van der Waals surface area contributed by atoms with Gasteiger partial charge in [0.05, 0.1) is 24.1 Å². The molecule has 0 saturated carbocycles. The first kappa shape index (κ1) is 25.4. The van der Waals surface area contributed by atoms with E-state index in [4.69, 9.17) is 16.3 Å². The largest absolute Gasteiger partial charge is 0.497 e. The fourth-order valence-electron chi connectivity index (χ4n) is 5.03.